The van der Waals surface area contributed by atoms with E-state index in [2.05, 4.69) is 15.2 Å². The number of benzene rings is 1. The summed E-state index contributed by atoms with van der Waals surface area (Å²) >= 11 is 0. The second-order valence-electron chi connectivity index (χ2n) is 7.80. The summed E-state index contributed by atoms with van der Waals surface area (Å²) in [6, 6.07) is 9.66. The van der Waals surface area contributed by atoms with Crippen LogP contribution in [0.3, 0.4) is 0 Å². The van der Waals surface area contributed by atoms with Crippen molar-refractivity contribution >= 4 is 28.9 Å². The fraction of sp³-hybridized carbons (Fsp3) is 0.435. The van der Waals surface area contributed by atoms with E-state index in [0.29, 0.717) is 30.2 Å². The molecule has 1 aliphatic rings. The molecule has 0 amide bonds. The maximum Gasteiger partial charge on any atom is 0.357 e. The molecule has 2 heterocycles. The highest BCUT2D eigenvalue weighted by Crippen LogP contribution is 2.35. The smallest absolute Gasteiger partial charge is 0.357 e. The van der Waals surface area contributed by atoms with Crippen molar-refractivity contribution in [3.63, 3.8) is 0 Å². The number of carbonyl (C=O) groups is 1. The van der Waals surface area contributed by atoms with Crippen LogP contribution in [0.4, 0.5) is 17.2 Å². The van der Waals surface area contributed by atoms with Crippen LogP contribution >= 0.6 is 0 Å². The van der Waals surface area contributed by atoms with Gasteiger partial charge in [0.1, 0.15) is 5.82 Å². The van der Waals surface area contributed by atoms with Gasteiger partial charge in [0.15, 0.2) is 5.69 Å². The van der Waals surface area contributed by atoms with Gasteiger partial charge in [-0.3, -0.25) is 0 Å². The number of hydrogen-bond acceptors (Lipinski definition) is 7. The quantitative estimate of drug-likeness (QED) is 0.502. The predicted octanol–water partition coefficient (Wildman–Crippen LogP) is 4.17. The lowest BCUT2D eigenvalue weighted by Gasteiger charge is -2.41. The third-order valence-electron chi connectivity index (χ3n) is 5.13. The average Bonchev–Trinajstić information content (AvgIpc) is 2.66. The molecular weight excluding hydrogens is 380 g/mol. The Morgan fingerprint density at radius 1 is 1.33 bits per heavy atom. The molecule has 3 rings (SSSR count). The van der Waals surface area contributed by atoms with Crippen molar-refractivity contribution < 1.29 is 14.3 Å². The number of nitrogens with one attached hydrogen (secondary N) is 2. The second-order valence-corrected chi connectivity index (χ2v) is 7.80. The van der Waals surface area contributed by atoms with Crippen molar-refractivity contribution in [2.45, 2.75) is 33.8 Å². The molecule has 2 aromatic rings. The highest BCUT2D eigenvalue weighted by molar-refractivity contribution is 6.09. The number of methoxy groups -OCH3 is 1. The summed E-state index contributed by atoms with van der Waals surface area (Å²) < 4.78 is 10.6. The van der Waals surface area contributed by atoms with Crippen molar-refractivity contribution in [1.29, 1.82) is 5.41 Å². The van der Waals surface area contributed by atoms with Crippen LogP contribution in [0.5, 0.6) is 0 Å². The fourth-order valence-electron chi connectivity index (χ4n) is 3.38. The van der Waals surface area contributed by atoms with Gasteiger partial charge < -0.3 is 25.1 Å². The van der Waals surface area contributed by atoms with Gasteiger partial charge in [-0.1, -0.05) is 26.0 Å². The molecule has 0 spiro atoms. The van der Waals surface area contributed by atoms with Crippen molar-refractivity contribution in [2.24, 2.45) is 5.92 Å². The highest BCUT2D eigenvalue weighted by Gasteiger charge is 2.32. The summed E-state index contributed by atoms with van der Waals surface area (Å²) in [4.78, 5) is 19.2. The Bertz CT molecular complexity index is 936. The first kappa shape index (κ1) is 21.8. The minimum atomic E-state index is -0.475. The molecule has 1 aromatic heterocycles. The van der Waals surface area contributed by atoms with E-state index in [0.717, 1.165) is 16.9 Å². The highest BCUT2D eigenvalue weighted by atomic mass is 16.5. The fourth-order valence-corrected chi connectivity index (χ4v) is 3.38. The maximum atomic E-state index is 12.5. The summed E-state index contributed by atoms with van der Waals surface area (Å²) in [6.45, 7) is 9.42. The summed E-state index contributed by atoms with van der Waals surface area (Å²) in [5.41, 5.74) is 4.15. The molecule has 1 aliphatic heterocycles. The number of carbonyl (C=O) groups excluding carboxylic acids is 1. The van der Waals surface area contributed by atoms with Gasteiger partial charge in [0, 0.05) is 31.6 Å². The van der Waals surface area contributed by atoms with Gasteiger partial charge in [-0.15, -0.1) is 0 Å². The number of anilines is 3. The Morgan fingerprint density at radius 2 is 2.07 bits per heavy atom. The summed E-state index contributed by atoms with van der Waals surface area (Å²) in [7, 11) is 1.69. The van der Waals surface area contributed by atoms with Crippen molar-refractivity contribution in [3.8, 4) is 0 Å². The molecule has 1 fully saturated rings. The van der Waals surface area contributed by atoms with Crippen LogP contribution in [0.2, 0.25) is 0 Å². The number of hydrogen-bond donors (Lipinski definition) is 2. The Hall–Kier alpha value is -2.93. The molecule has 160 valence electrons. The monoisotopic (exact) mass is 410 g/mol. The van der Waals surface area contributed by atoms with Crippen molar-refractivity contribution in [2.75, 3.05) is 37.0 Å². The van der Waals surface area contributed by atoms with Gasteiger partial charge in [-0.05, 0) is 43.5 Å². The van der Waals surface area contributed by atoms with Crippen LogP contribution in [-0.2, 0) is 9.47 Å². The number of esters is 1. The van der Waals surface area contributed by atoms with Gasteiger partial charge in [0.2, 0.25) is 0 Å². The van der Waals surface area contributed by atoms with E-state index in [1.807, 2.05) is 45.0 Å². The summed E-state index contributed by atoms with van der Waals surface area (Å²) in [5.74, 6) is 0.00903. The third kappa shape index (κ3) is 4.62. The number of rotatable bonds is 8. The van der Waals surface area contributed by atoms with E-state index in [-0.39, 0.29) is 24.3 Å². The molecule has 0 saturated carbocycles. The molecule has 0 atom stereocenters. The van der Waals surface area contributed by atoms with Crippen LogP contribution < -0.4 is 10.2 Å². The van der Waals surface area contributed by atoms with Gasteiger partial charge in [0.25, 0.3) is 0 Å². The molecule has 0 aliphatic carbocycles. The third-order valence-corrected chi connectivity index (χ3v) is 5.13. The maximum absolute atomic E-state index is 12.5. The SMILES string of the molecule is CCOC(=O)c1cc(N2CC(OC)C2)c(C(=N)C(C)C)c(Nc2cccc(C)c2)n1. The van der Waals surface area contributed by atoms with Gasteiger partial charge in [0.05, 0.1) is 24.0 Å². The van der Waals surface area contributed by atoms with E-state index in [4.69, 9.17) is 14.9 Å². The molecule has 7 heteroatoms. The van der Waals surface area contributed by atoms with E-state index >= 15 is 0 Å². The van der Waals surface area contributed by atoms with E-state index in [1.54, 1.807) is 20.1 Å². The van der Waals surface area contributed by atoms with Crippen LogP contribution in [0.15, 0.2) is 30.3 Å². The topological polar surface area (TPSA) is 87.5 Å². The molecule has 0 unspecified atom stereocenters. The average molecular weight is 411 g/mol. The van der Waals surface area contributed by atoms with Crippen molar-refractivity contribution in [1.82, 2.24) is 4.98 Å². The van der Waals surface area contributed by atoms with Crippen molar-refractivity contribution in [3.05, 3.63) is 47.2 Å². The van der Waals surface area contributed by atoms with E-state index in [1.165, 1.54) is 0 Å². The van der Waals surface area contributed by atoms with E-state index in [9.17, 15) is 4.79 Å². The molecule has 30 heavy (non-hydrogen) atoms. The molecule has 7 nitrogen and oxygen atoms in total. The largest absolute Gasteiger partial charge is 0.461 e. The van der Waals surface area contributed by atoms with Crippen LogP contribution in [0.1, 0.15) is 42.4 Å². The second kappa shape index (κ2) is 9.26. The zero-order valence-corrected chi connectivity index (χ0v) is 18.3. The zero-order chi connectivity index (χ0) is 21.8. The zero-order valence-electron chi connectivity index (χ0n) is 18.3. The van der Waals surface area contributed by atoms with Crippen LogP contribution in [0, 0.1) is 18.3 Å². The van der Waals surface area contributed by atoms with Crippen LogP contribution in [-0.4, -0.2) is 49.6 Å². The van der Waals surface area contributed by atoms with Crippen LogP contribution in [0.25, 0.3) is 0 Å². The summed E-state index contributed by atoms with van der Waals surface area (Å²) in [6.07, 6.45) is 0.137. The first-order chi connectivity index (χ1) is 14.3. The first-order valence-corrected chi connectivity index (χ1v) is 10.3. The lowest BCUT2D eigenvalue weighted by molar-refractivity contribution is 0.0519. The molecular formula is C23H30N4O3. The lowest BCUT2D eigenvalue weighted by Crippen LogP contribution is -2.52. The Balaban J connectivity index is 2.13. The predicted molar refractivity (Wildman–Crippen MR) is 119 cm³/mol. The molecule has 0 radical (unpaired) electrons. The van der Waals surface area contributed by atoms with Gasteiger partial charge in [-0.25, -0.2) is 9.78 Å². The van der Waals surface area contributed by atoms with Gasteiger partial charge >= 0.3 is 5.97 Å². The number of aryl methyl sites for hydroxylation is 1. The number of pyridine rings is 1. The number of ether oxygens (including phenoxy) is 2. The lowest BCUT2D eigenvalue weighted by atomic mass is 9.96. The summed E-state index contributed by atoms with van der Waals surface area (Å²) in [5, 5.41) is 12.1. The van der Waals surface area contributed by atoms with Gasteiger partial charge in [-0.2, -0.15) is 0 Å². The molecule has 0 bridgehead atoms. The Kier molecular flexibility index (Phi) is 6.72. The Labute approximate surface area is 177 Å². The molecule has 2 N–H and O–H groups in total. The first-order valence-electron chi connectivity index (χ1n) is 10.3. The standard InChI is InChI=1S/C23H30N4O3/c1-6-30-23(28)18-11-19(27-12-17(13-27)29-5)20(21(24)14(2)3)22(26-18)25-16-9-7-8-15(4)10-16/h7-11,14,17,24H,6,12-13H2,1-5H3,(H,25,26). The minimum absolute atomic E-state index is 0.00319. The number of nitrogens with zero attached hydrogens (tertiary/aromatic N) is 2. The molecule has 1 saturated heterocycles. The van der Waals surface area contributed by atoms with E-state index < -0.39 is 5.97 Å². The Morgan fingerprint density at radius 3 is 2.67 bits per heavy atom. The normalized spacial score (nSPS) is 13.9. The minimum Gasteiger partial charge on any atom is -0.461 e. The number of aromatic nitrogens is 1. The molecule has 1 aromatic carbocycles.